The lowest BCUT2D eigenvalue weighted by molar-refractivity contribution is 0.241. The highest BCUT2D eigenvalue weighted by molar-refractivity contribution is 6.42. The summed E-state index contributed by atoms with van der Waals surface area (Å²) in [7, 11) is 2.22. The molecular weight excluding hydrogens is 313 g/mol. The fourth-order valence-corrected chi connectivity index (χ4v) is 3.89. The summed E-state index contributed by atoms with van der Waals surface area (Å²) in [6.07, 6.45) is 2.28. The summed E-state index contributed by atoms with van der Waals surface area (Å²) in [5.74, 6) is 0.398. The normalized spacial score (nSPS) is 20.4. The highest BCUT2D eigenvalue weighted by Crippen LogP contribution is 2.46. The Balaban J connectivity index is 1.98. The van der Waals surface area contributed by atoms with E-state index in [9.17, 15) is 0 Å². The molecule has 0 amide bonds. The van der Waals surface area contributed by atoms with Gasteiger partial charge in [0.1, 0.15) is 0 Å². The van der Waals surface area contributed by atoms with Crippen LogP contribution in [0.25, 0.3) is 0 Å². The number of hydrogen-bond donors (Lipinski definition) is 0. The van der Waals surface area contributed by atoms with Crippen LogP contribution in [0, 0.1) is 0 Å². The number of hydrogen-bond acceptors (Lipinski definition) is 1. The van der Waals surface area contributed by atoms with Crippen LogP contribution in [0.3, 0.4) is 0 Å². The minimum atomic E-state index is 0.398. The second-order valence-electron chi connectivity index (χ2n) is 6.09. The molecule has 0 fully saturated rings. The Bertz CT molecular complexity index is 668. The highest BCUT2D eigenvalue weighted by Gasteiger charge is 2.33. The maximum Gasteiger partial charge on any atom is 0.0595 e. The minimum absolute atomic E-state index is 0.398. The minimum Gasteiger partial charge on any atom is -0.299 e. The van der Waals surface area contributed by atoms with Gasteiger partial charge in [0.2, 0.25) is 0 Å². The van der Waals surface area contributed by atoms with Crippen LogP contribution in [0.2, 0.25) is 10.0 Å². The van der Waals surface area contributed by atoms with Gasteiger partial charge in [-0.05, 0) is 55.3 Å². The van der Waals surface area contributed by atoms with Crippen LogP contribution in [-0.2, 0) is 0 Å². The topological polar surface area (TPSA) is 3.24 Å². The molecule has 0 N–H and O–H groups in total. The number of halogens is 2. The van der Waals surface area contributed by atoms with Gasteiger partial charge in [0.25, 0.3) is 0 Å². The standard InChI is InChI=1S/C19H21Cl2N/c1-3-10-22(2)19-12-16(14-6-4-5-7-15(14)19)13-8-9-17(20)18(21)11-13/h4-9,11,16,19H,3,10,12H2,1-2H3/t16-,19+/m1/s1. The Kier molecular flexibility index (Phi) is 4.77. The molecule has 22 heavy (non-hydrogen) atoms. The average Bonchev–Trinajstić information content (AvgIpc) is 2.90. The van der Waals surface area contributed by atoms with Gasteiger partial charge in [0.15, 0.2) is 0 Å². The van der Waals surface area contributed by atoms with Crippen molar-refractivity contribution in [1.29, 1.82) is 0 Å². The van der Waals surface area contributed by atoms with Crippen molar-refractivity contribution >= 4 is 23.2 Å². The highest BCUT2D eigenvalue weighted by atomic mass is 35.5. The average molecular weight is 334 g/mol. The van der Waals surface area contributed by atoms with Crippen LogP contribution in [0.1, 0.15) is 48.4 Å². The molecule has 0 saturated heterocycles. The van der Waals surface area contributed by atoms with Crippen molar-refractivity contribution in [2.45, 2.75) is 31.7 Å². The molecule has 116 valence electrons. The quantitative estimate of drug-likeness (QED) is 0.672. The van der Waals surface area contributed by atoms with Crippen molar-refractivity contribution < 1.29 is 0 Å². The number of benzene rings is 2. The van der Waals surface area contributed by atoms with Gasteiger partial charge in [0.05, 0.1) is 10.0 Å². The molecule has 0 spiro atoms. The first-order valence-electron chi connectivity index (χ1n) is 7.85. The van der Waals surface area contributed by atoms with Crippen LogP contribution >= 0.6 is 23.2 Å². The third-order valence-corrected chi connectivity index (χ3v) is 5.38. The molecule has 0 unspecified atom stereocenters. The second-order valence-corrected chi connectivity index (χ2v) is 6.90. The molecule has 1 aliphatic carbocycles. The fraction of sp³-hybridized carbons (Fsp3) is 0.368. The Morgan fingerprint density at radius 2 is 1.77 bits per heavy atom. The summed E-state index contributed by atoms with van der Waals surface area (Å²) >= 11 is 12.3. The molecule has 0 aromatic heterocycles. The molecule has 3 rings (SSSR count). The Labute approximate surface area is 142 Å². The third-order valence-electron chi connectivity index (χ3n) is 4.64. The van der Waals surface area contributed by atoms with Crippen molar-refractivity contribution in [2.75, 3.05) is 13.6 Å². The van der Waals surface area contributed by atoms with Crippen molar-refractivity contribution in [3.05, 3.63) is 69.2 Å². The van der Waals surface area contributed by atoms with Crippen LogP contribution < -0.4 is 0 Å². The molecule has 2 atom stereocenters. The van der Waals surface area contributed by atoms with E-state index in [2.05, 4.69) is 49.2 Å². The first-order valence-corrected chi connectivity index (χ1v) is 8.61. The Hall–Kier alpha value is -1.02. The fourth-order valence-electron chi connectivity index (χ4n) is 3.58. The molecule has 0 saturated carbocycles. The van der Waals surface area contributed by atoms with E-state index in [-0.39, 0.29) is 0 Å². The van der Waals surface area contributed by atoms with Crippen molar-refractivity contribution in [2.24, 2.45) is 0 Å². The van der Waals surface area contributed by atoms with E-state index in [4.69, 9.17) is 23.2 Å². The van der Waals surface area contributed by atoms with Gasteiger partial charge >= 0.3 is 0 Å². The van der Waals surface area contributed by atoms with E-state index >= 15 is 0 Å². The van der Waals surface area contributed by atoms with Crippen LogP contribution in [0.15, 0.2) is 42.5 Å². The van der Waals surface area contributed by atoms with Crippen LogP contribution in [0.4, 0.5) is 0 Å². The zero-order chi connectivity index (χ0) is 15.7. The molecule has 0 bridgehead atoms. The lowest BCUT2D eigenvalue weighted by Crippen LogP contribution is -2.23. The third kappa shape index (κ3) is 2.90. The summed E-state index contributed by atoms with van der Waals surface area (Å²) in [4.78, 5) is 2.47. The second kappa shape index (κ2) is 6.62. The van der Waals surface area contributed by atoms with Gasteiger partial charge in [0, 0.05) is 12.0 Å². The van der Waals surface area contributed by atoms with E-state index in [1.165, 1.54) is 23.1 Å². The number of rotatable bonds is 4. The van der Waals surface area contributed by atoms with Crippen LogP contribution in [-0.4, -0.2) is 18.5 Å². The van der Waals surface area contributed by atoms with Gasteiger partial charge in [-0.2, -0.15) is 0 Å². The van der Waals surface area contributed by atoms with Crippen LogP contribution in [0.5, 0.6) is 0 Å². The van der Waals surface area contributed by atoms with E-state index in [0.29, 0.717) is 22.0 Å². The summed E-state index contributed by atoms with van der Waals surface area (Å²) in [5.41, 5.74) is 4.14. The summed E-state index contributed by atoms with van der Waals surface area (Å²) in [5, 5.41) is 1.26. The van der Waals surface area contributed by atoms with Gasteiger partial charge < -0.3 is 0 Å². The molecular formula is C19H21Cl2N. The molecule has 0 radical (unpaired) electrons. The van der Waals surface area contributed by atoms with Gasteiger partial charge in [-0.25, -0.2) is 0 Å². The lowest BCUT2D eigenvalue weighted by Gasteiger charge is -2.25. The van der Waals surface area contributed by atoms with E-state index < -0.39 is 0 Å². The predicted octanol–water partition coefficient (Wildman–Crippen LogP) is 5.91. The summed E-state index contributed by atoms with van der Waals surface area (Å²) < 4.78 is 0. The lowest BCUT2D eigenvalue weighted by atomic mass is 9.93. The van der Waals surface area contributed by atoms with Crippen molar-refractivity contribution in [3.63, 3.8) is 0 Å². The van der Waals surface area contributed by atoms with Crippen molar-refractivity contribution in [1.82, 2.24) is 4.90 Å². The summed E-state index contributed by atoms with van der Waals surface area (Å²) in [6, 6.07) is 15.3. The molecule has 2 aromatic carbocycles. The molecule has 1 nitrogen and oxygen atoms in total. The SMILES string of the molecule is CCCN(C)[C@H]1C[C@H](c2ccc(Cl)c(Cl)c2)c2ccccc21. The van der Waals surface area contributed by atoms with Crippen molar-refractivity contribution in [3.8, 4) is 0 Å². The van der Waals surface area contributed by atoms with E-state index in [0.717, 1.165) is 13.0 Å². The number of nitrogens with zero attached hydrogens (tertiary/aromatic N) is 1. The Morgan fingerprint density at radius 3 is 2.45 bits per heavy atom. The summed E-state index contributed by atoms with van der Waals surface area (Å²) in [6.45, 7) is 3.35. The maximum atomic E-state index is 6.23. The monoisotopic (exact) mass is 333 g/mol. The van der Waals surface area contributed by atoms with E-state index in [1.807, 2.05) is 12.1 Å². The predicted molar refractivity (Wildman–Crippen MR) is 95.0 cm³/mol. The molecule has 2 aromatic rings. The maximum absolute atomic E-state index is 6.23. The Morgan fingerprint density at radius 1 is 1.05 bits per heavy atom. The molecule has 0 heterocycles. The zero-order valence-corrected chi connectivity index (χ0v) is 14.5. The first kappa shape index (κ1) is 15.9. The molecule has 0 aliphatic heterocycles. The first-order chi connectivity index (χ1) is 10.6. The largest absolute Gasteiger partial charge is 0.299 e. The smallest absolute Gasteiger partial charge is 0.0595 e. The van der Waals surface area contributed by atoms with E-state index in [1.54, 1.807) is 0 Å². The van der Waals surface area contributed by atoms with Gasteiger partial charge in [-0.1, -0.05) is 60.5 Å². The van der Waals surface area contributed by atoms with Gasteiger partial charge in [-0.3, -0.25) is 4.90 Å². The number of fused-ring (bicyclic) bond motifs is 1. The zero-order valence-electron chi connectivity index (χ0n) is 13.0. The molecule has 3 heteroatoms. The van der Waals surface area contributed by atoms with Gasteiger partial charge in [-0.15, -0.1) is 0 Å². The molecule has 1 aliphatic rings.